The molecule has 0 amide bonds. The summed E-state index contributed by atoms with van der Waals surface area (Å²) in [6.45, 7) is -6.11. The summed E-state index contributed by atoms with van der Waals surface area (Å²) in [7, 11) is 0. The van der Waals surface area contributed by atoms with Gasteiger partial charge in [0.1, 0.15) is 165 Å². The SMILES string of the molecule is OC[C@H]1O[C@@H](O)[C@H](O)[C@@H](O)[C@@H]1O[C@@H]1O[C@H](CO)[C@@H](O[C@@H]2O[C@H](CO)[C@@H](O[C@@H]3O[C@H](CO)[C@@H](O[C@@H]4O[C@H](CO)[C@@H](O[C@@H]5O[C@H](CO[C@H]6OC[C@@H](O)[C@H](O)[C@H]6O)[C@@H](O)[C@H](O)[C@H]5O)[C@H](O)[C@H]4O)[C@H](O)[C@H]3O)[C@H](O)[C@H]2O)[C@H](O)[C@H]1O. The van der Waals surface area contributed by atoms with Gasteiger partial charge in [-0.3, -0.25) is 0 Å². The smallest absolute Gasteiger partial charge is 0.187 e. The van der Waals surface area contributed by atoms with Crippen molar-refractivity contribution in [2.75, 3.05) is 46.2 Å². The maximum absolute atomic E-state index is 11.3. The Kier molecular flexibility index (Phi) is 21.8. The fraction of sp³-hybridized carbons (Fsp3) is 1.00. The molecular weight excluding hydrogens is 1050 g/mol. The minimum Gasteiger partial charge on any atom is -0.394 e. The number of hydrogen-bond acceptors (Lipinski definition) is 35. The van der Waals surface area contributed by atoms with Gasteiger partial charge in [0.25, 0.3) is 0 Å². The van der Waals surface area contributed by atoms with Crippen LogP contribution >= 0.6 is 0 Å². The number of aliphatic hydroxyl groups is 22. The fourth-order valence-electron chi connectivity index (χ4n) is 9.62. The van der Waals surface area contributed by atoms with Crippen LogP contribution in [0.5, 0.6) is 0 Å². The molecule has 76 heavy (non-hydrogen) atoms. The van der Waals surface area contributed by atoms with Gasteiger partial charge in [0, 0.05) is 0 Å². The topological polar surface area (TPSA) is 565 Å². The third-order valence-electron chi connectivity index (χ3n) is 14.1. The summed E-state index contributed by atoms with van der Waals surface area (Å²) >= 11 is 0. The second-order valence-electron chi connectivity index (χ2n) is 19.2. The van der Waals surface area contributed by atoms with Crippen LogP contribution in [0.3, 0.4) is 0 Å². The Hall–Kier alpha value is -1.40. The summed E-state index contributed by atoms with van der Waals surface area (Å²) in [4.78, 5) is 0. The van der Waals surface area contributed by atoms with E-state index >= 15 is 0 Å². The van der Waals surface area contributed by atoms with E-state index in [1.807, 2.05) is 0 Å². The van der Waals surface area contributed by atoms with E-state index in [0.717, 1.165) is 0 Å². The minimum absolute atomic E-state index is 0.444. The van der Waals surface area contributed by atoms with Crippen molar-refractivity contribution in [2.24, 2.45) is 0 Å². The van der Waals surface area contributed by atoms with Crippen LogP contribution in [0, 0.1) is 0 Å². The average molecular weight is 1120 g/mol. The fourth-order valence-corrected chi connectivity index (χ4v) is 9.62. The molecule has 0 saturated carbocycles. The van der Waals surface area contributed by atoms with Crippen LogP contribution in [-0.4, -0.2) is 367 Å². The van der Waals surface area contributed by atoms with E-state index in [1.165, 1.54) is 0 Å². The molecule has 7 fully saturated rings. The van der Waals surface area contributed by atoms with Gasteiger partial charge in [0.15, 0.2) is 44.0 Å². The predicted octanol–water partition coefficient (Wildman–Crippen LogP) is -15.6. The van der Waals surface area contributed by atoms with E-state index < -0.39 is 255 Å². The molecule has 7 aliphatic heterocycles. The lowest BCUT2D eigenvalue weighted by atomic mass is 9.95. The Bertz CT molecular complexity index is 1760. The van der Waals surface area contributed by atoms with Crippen molar-refractivity contribution in [1.82, 2.24) is 0 Å². The Balaban J connectivity index is 0.944. The van der Waals surface area contributed by atoms with Crippen molar-refractivity contribution in [3.8, 4) is 0 Å². The Labute approximate surface area is 428 Å². The summed E-state index contributed by atoms with van der Waals surface area (Å²) < 4.78 is 71.7. The Morgan fingerprint density at radius 2 is 0.553 bits per heavy atom. The van der Waals surface area contributed by atoms with Gasteiger partial charge in [-0.25, -0.2) is 0 Å². The second kappa shape index (κ2) is 26.7. The van der Waals surface area contributed by atoms with Gasteiger partial charge in [-0.1, -0.05) is 0 Å². The second-order valence-corrected chi connectivity index (χ2v) is 19.2. The number of aliphatic hydroxyl groups excluding tert-OH is 22. The molecule has 0 aromatic rings. The van der Waals surface area contributed by atoms with Gasteiger partial charge in [0.2, 0.25) is 0 Å². The largest absolute Gasteiger partial charge is 0.394 e. The van der Waals surface area contributed by atoms with E-state index in [2.05, 4.69) is 0 Å². The maximum Gasteiger partial charge on any atom is 0.187 e. The highest BCUT2D eigenvalue weighted by Crippen LogP contribution is 2.37. The highest BCUT2D eigenvalue weighted by atomic mass is 16.8. The van der Waals surface area contributed by atoms with Crippen LogP contribution in [-0.2, 0) is 61.6 Å². The lowest BCUT2D eigenvalue weighted by Gasteiger charge is -2.49. The van der Waals surface area contributed by atoms with E-state index in [-0.39, 0.29) is 0 Å². The molecule has 0 unspecified atom stereocenters. The lowest BCUT2D eigenvalue weighted by Crippen LogP contribution is -2.68. The minimum atomic E-state index is -2.21. The molecule has 7 saturated heterocycles. The molecule has 0 bridgehead atoms. The van der Waals surface area contributed by atoms with Crippen LogP contribution in [0.25, 0.3) is 0 Å². The molecule has 35 nitrogen and oxygen atoms in total. The quantitative estimate of drug-likeness (QED) is 0.0606. The maximum atomic E-state index is 11.3. The van der Waals surface area contributed by atoms with Crippen molar-refractivity contribution < 1.29 is 174 Å². The first-order chi connectivity index (χ1) is 36.0. The molecule has 7 heterocycles. The molecule has 7 aliphatic rings. The summed E-state index contributed by atoms with van der Waals surface area (Å²) in [5.74, 6) is 0. The van der Waals surface area contributed by atoms with E-state index in [9.17, 15) is 112 Å². The molecule has 444 valence electrons. The average Bonchev–Trinajstić information content (AvgIpc) is 3.42. The number of hydrogen-bond donors (Lipinski definition) is 22. The van der Waals surface area contributed by atoms with Crippen molar-refractivity contribution in [3.05, 3.63) is 0 Å². The molecule has 34 atom stereocenters. The van der Waals surface area contributed by atoms with Gasteiger partial charge >= 0.3 is 0 Å². The molecule has 0 aromatic carbocycles. The zero-order valence-electron chi connectivity index (χ0n) is 39.7. The molecule has 7 rings (SSSR count). The number of ether oxygens (including phenoxy) is 13. The van der Waals surface area contributed by atoms with Gasteiger partial charge in [-0.05, 0) is 0 Å². The lowest BCUT2D eigenvalue weighted by molar-refractivity contribution is -0.396. The summed E-state index contributed by atoms with van der Waals surface area (Å²) in [6, 6.07) is 0. The first-order valence-corrected chi connectivity index (χ1v) is 24.1. The van der Waals surface area contributed by atoms with Crippen LogP contribution < -0.4 is 0 Å². The molecule has 0 aliphatic carbocycles. The highest BCUT2D eigenvalue weighted by molar-refractivity contribution is 5.00. The zero-order chi connectivity index (χ0) is 55.8. The normalized spacial score (nSPS) is 53.6. The van der Waals surface area contributed by atoms with Gasteiger partial charge in [-0.15, -0.1) is 0 Å². The van der Waals surface area contributed by atoms with Gasteiger partial charge < -0.3 is 174 Å². The predicted molar refractivity (Wildman–Crippen MR) is 226 cm³/mol. The molecular formula is C41H70O35. The van der Waals surface area contributed by atoms with Crippen LogP contribution in [0.1, 0.15) is 0 Å². The third kappa shape index (κ3) is 12.8. The highest BCUT2D eigenvalue weighted by Gasteiger charge is 2.58. The zero-order valence-corrected chi connectivity index (χ0v) is 39.7. The van der Waals surface area contributed by atoms with Crippen LogP contribution in [0.15, 0.2) is 0 Å². The Morgan fingerprint density at radius 3 is 0.882 bits per heavy atom. The summed E-state index contributed by atoms with van der Waals surface area (Å²) in [5, 5.41) is 232. The summed E-state index contributed by atoms with van der Waals surface area (Å²) in [5.41, 5.74) is 0. The van der Waals surface area contributed by atoms with Crippen molar-refractivity contribution >= 4 is 0 Å². The van der Waals surface area contributed by atoms with Crippen molar-refractivity contribution in [2.45, 2.75) is 209 Å². The van der Waals surface area contributed by atoms with Crippen LogP contribution in [0.2, 0.25) is 0 Å². The molecule has 0 aromatic heterocycles. The number of rotatable bonds is 18. The molecule has 0 spiro atoms. The standard InChI is InChI=1S/C41H70O35/c42-1-9-30(18(51)23(56)35(63)66-9)72-38-26(59)20(53)32(11(3-44)67-38)74-40-28(61)22(55)34(13(5-46)69-40)76-41-29(62)21(54)33(12(4-45)70-41)75-39-27(60)19(52)31(10(2-43)68-39)73-37-25(58)17(50)16(49)14(71-37)7-65-36-24(57)15(48)8(47)6-64-36/h8-63H,1-7H2/t8-,9-,10-,11-,12-,13-,14-,15+,16-,17+,18-,19-,20-,21-,22-,23-,24-,25-,26-,27-,28-,29-,30-,31-,32-,33-,34-,35-,36-,37+,38+,39+,40+,41+/m1/s1. The summed E-state index contributed by atoms with van der Waals surface area (Å²) in [6.07, 6.45) is -64.4. The first-order valence-electron chi connectivity index (χ1n) is 24.1. The van der Waals surface area contributed by atoms with Crippen LogP contribution in [0.4, 0.5) is 0 Å². The monoisotopic (exact) mass is 1120 g/mol. The Morgan fingerprint density at radius 1 is 0.276 bits per heavy atom. The first kappa shape index (κ1) is 62.2. The third-order valence-corrected chi connectivity index (χ3v) is 14.1. The van der Waals surface area contributed by atoms with E-state index in [1.54, 1.807) is 0 Å². The van der Waals surface area contributed by atoms with Gasteiger partial charge in [0.05, 0.1) is 46.2 Å². The van der Waals surface area contributed by atoms with E-state index in [0.29, 0.717) is 0 Å². The van der Waals surface area contributed by atoms with E-state index in [4.69, 9.17) is 61.6 Å². The van der Waals surface area contributed by atoms with Gasteiger partial charge in [-0.2, -0.15) is 0 Å². The van der Waals surface area contributed by atoms with Crippen molar-refractivity contribution in [1.29, 1.82) is 0 Å². The molecule has 22 N–H and O–H groups in total. The van der Waals surface area contributed by atoms with Crippen molar-refractivity contribution in [3.63, 3.8) is 0 Å². The molecule has 0 radical (unpaired) electrons. The molecule has 35 heteroatoms.